The van der Waals surface area contributed by atoms with Crippen LogP contribution in [0.5, 0.6) is 0 Å². The third-order valence-electron chi connectivity index (χ3n) is 5.65. The molecule has 1 fully saturated rings. The molecule has 29 heavy (non-hydrogen) atoms. The zero-order valence-electron chi connectivity index (χ0n) is 16.6. The predicted octanol–water partition coefficient (Wildman–Crippen LogP) is 4.39. The van der Waals surface area contributed by atoms with Crippen LogP contribution in [0, 0.1) is 0 Å². The fourth-order valence-corrected chi connectivity index (χ4v) is 4.16. The summed E-state index contributed by atoms with van der Waals surface area (Å²) in [5.74, 6) is 1.15. The van der Waals surface area contributed by atoms with Gasteiger partial charge >= 0.3 is 0 Å². The number of nitrogens with zero attached hydrogens (tertiary/aromatic N) is 2. The lowest BCUT2D eigenvalue weighted by atomic mass is 9.88. The van der Waals surface area contributed by atoms with Gasteiger partial charge in [0.25, 0.3) is 0 Å². The molecule has 1 aliphatic rings. The summed E-state index contributed by atoms with van der Waals surface area (Å²) in [6, 6.07) is 26.9. The third kappa shape index (κ3) is 4.83. The van der Waals surface area contributed by atoms with Crippen molar-refractivity contribution in [2.45, 2.75) is 31.2 Å². The van der Waals surface area contributed by atoms with Crippen LogP contribution in [0.3, 0.4) is 0 Å². The zero-order valence-corrected chi connectivity index (χ0v) is 16.6. The first-order valence-electron chi connectivity index (χ1n) is 10.4. The summed E-state index contributed by atoms with van der Waals surface area (Å²) in [6.07, 6.45) is 4.49. The molecule has 1 aromatic heterocycles. The van der Waals surface area contributed by atoms with E-state index in [2.05, 4.69) is 39.5 Å². The minimum Gasteiger partial charge on any atom is -0.354 e. The highest BCUT2D eigenvalue weighted by atomic mass is 16.1. The lowest BCUT2D eigenvalue weighted by Gasteiger charge is -2.26. The molecule has 1 saturated heterocycles. The van der Waals surface area contributed by atoms with Crippen LogP contribution in [0.1, 0.15) is 36.3 Å². The second-order valence-electron chi connectivity index (χ2n) is 7.56. The molecule has 0 bridgehead atoms. The molecule has 1 amide bonds. The van der Waals surface area contributed by atoms with E-state index in [4.69, 9.17) is 0 Å². The van der Waals surface area contributed by atoms with Gasteiger partial charge in [0.05, 0.1) is 0 Å². The maximum absolute atomic E-state index is 12.9. The van der Waals surface area contributed by atoms with Gasteiger partial charge in [-0.3, -0.25) is 4.79 Å². The number of benzene rings is 2. The number of nitrogens with one attached hydrogen (secondary N) is 1. The zero-order chi connectivity index (χ0) is 19.9. The highest BCUT2D eigenvalue weighted by Gasteiger charge is 2.26. The van der Waals surface area contributed by atoms with Gasteiger partial charge in [-0.05, 0) is 36.1 Å². The Balaban J connectivity index is 1.41. The molecule has 4 rings (SSSR count). The predicted molar refractivity (Wildman–Crippen MR) is 117 cm³/mol. The van der Waals surface area contributed by atoms with Gasteiger partial charge < -0.3 is 10.2 Å². The standard InChI is InChI=1S/C25H27N3O/c29-25(27-19-22-14-9-17-28(22)24-15-7-8-16-26-24)18-23(20-10-3-1-4-11-20)21-12-5-2-6-13-21/h1-8,10-13,15-16,22-23H,9,14,17-19H2,(H,27,29)/t22-/m1/s1. The van der Waals surface area contributed by atoms with E-state index in [1.54, 1.807) is 0 Å². The second-order valence-corrected chi connectivity index (χ2v) is 7.56. The van der Waals surface area contributed by atoms with Gasteiger partial charge in [-0.25, -0.2) is 4.98 Å². The Hall–Kier alpha value is -3.14. The maximum Gasteiger partial charge on any atom is 0.221 e. The number of pyridine rings is 1. The van der Waals surface area contributed by atoms with E-state index in [0.29, 0.717) is 19.0 Å². The number of aromatic nitrogens is 1. The molecule has 4 heteroatoms. The fraction of sp³-hybridized carbons (Fsp3) is 0.280. The Morgan fingerprint density at radius 3 is 2.24 bits per heavy atom. The number of hydrogen-bond donors (Lipinski definition) is 1. The topological polar surface area (TPSA) is 45.2 Å². The second kappa shape index (κ2) is 9.37. The van der Waals surface area contributed by atoms with Crippen LogP contribution in [0.2, 0.25) is 0 Å². The smallest absolute Gasteiger partial charge is 0.221 e. The highest BCUT2D eigenvalue weighted by Crippen LogP contribution is 2.28. The van der Waals surface area contributed by atoms with Crippen LogP contribution in [-0.2, 0) is 4.79 Å². The summed E-state index contributed by atoms with van der Waals surface area (Å²) in [5, 5.41) is 3.19. The average Bonchev–Trinajstić information content (AvgIpc) is 3.26. The maximum atomic E-state index is 12.9. The quantitative estimate of drug-likeness (QED) is 0.656. The molecule has 3 aromatic rings. The minimum absolute atomic E-state index is 0.0628. The van der Waals surface area contributed by atoms with E-state index in [1.807, 2.05) is 60.8 Å². The van der Waals surface area contributed by atoms with Gasteiger partial charge in [0.15, 0.2) is 0 Å². The molecule has 1 atom stereocenters. The number of amides is 1. The van der Waals surface area contributed by atoms with Gasteiger partial charge in [-0.2, -0.15) is 0 Å². The number of hydrogen-bond acceptors (Lipinski definition) is 3. The van der Waals surface area contributed by atoms with Gasteiger partial charge in [0.2, 0.25) is 5.91 Å². The Kier molecular flexibility index (Phi) is 6.20. The molecule has 0 radical (unpaired) electrons. The van der Waals surface area contributed by atoms with E-state index in [1.165, 1.54) is 11.1 Å². The SMILES string of the molecule is O=C(CC(c1ccccc1)c1ccccc1)NC[C@H]1CCCN1c1ccccn1. The molecule has 1 N–H and O–H groups in total. The van der Waals surface area contributed by atoms with Crippen molar-refractivity contribution < 1.29 is 4.79 Å². The first-order valence-corrected chi connectivity index (χ1v) is 10.4. The summed E-state index contributed by atoms with van der Waals surface area (Å²) >= 11 is 0. The lowest BCUT2D eigenvalue weighted by molar-refractivity contribution is -0.121. The van der Waals surface area contributed by atoms with Crippen molar-refractivity contribution in [2.75, 3.05) is 18.0 Å². The Morgan fingerprint density at radius 1 is 0.966 bits per heavy atom. The molecule has 1 aliphatic heterocycles. The van der Waals surface area contributed by atoms with Gasteiger partial charge in [-0.1, -0.05) is 66.7 Å². The summed E-state index contributed by atoms with van der Waals surface area (Å²) < 4.78 is 0. The van der Waals surface area contributed by atoms with Crippen LogP contribution >= 0.6 is 0 Å². The van der Waals surface area contributed by atoms with Crippen LogP contribution in [0.15, 0.2) is 85.1 Å². The molecule has 2 heterocycles. The van der Waals surface area contributed by atoms with Crippen molar-refractivity contribution in [3.8, 4) is 0 Å². The van der Waals surface area contributed by atoms with Crippen LogP contribution in [-0.4, -0.2) is 30.0 Å². The molecule has 0 aliphatic carbocycles. The van der Waals surface area contributed by atoms with Crippen LogP contribution in [0.25, 0.3) is 0 Å². The van der Waals surface area contributed by atoms with Crippen molar-refractivity contribution in [2.24, 2.45) is 0 Å². The normalized spacial score (nSPS) is 16.2. The summed E-state index contributed by atoms with van der Waals surface area (Å²) in [4.78, 5) is 19.6. The van der Waals surface area contributed by atoms with E-state index < -0.39 is 0 Å². The Bertz CT molecular complexity index is 860. The van der Waals surface area contributed by atoms with E-state index in [0.717, 1.165) is 25.2 Å². The van der Waals surface area contributed by atoms with Gasteiger partial charge in [0.1, 0.15) is 5.82 Å². The number of carbonyl (C=O) groups is 1. The summed E-state index contributed by atoms with van der Waals surface area (Å²) in [6.45, 7) is 1.65. The molecule has 2 aromatic carbocycles. The fourth-order valence-electron chi connectivity index (χ4n) is 4.16. The van der Waals surface area contributed by atoms with E-state index >= 15 is 0 Å². The van der Waals surface area contributed by atoms with Crippen molar-refractivity contribution in [1.29, 1.82) is 0 Å². The molecule has 148 valence electrons. The highest BCUT2D eigenvalue weighted by molar-refractivity contribution is 5.77. The minimum atomic E-state index is 0.0628. The van der Waals surface area contributed by atoms with Crippen molar-refractivity contribution in [3.05, 3.63) is 96.2 Å². The average molecular weight is 386 g/mol. The Labute approximate surface area is 172 Å². The number of carbonyl (C=O) groups excluding carboxylic acids is 1. The van der Waals surface area contributed by atoms with Crippen molar-refractivity contribution in [3.63, 3.8) is 0 Å². The molecule has 0 saturated carbocycles. The molecule has 0 unspecified atom stereocenters. The molecular formula is C25H27N3O. The van der Waals surface area contributed by atoms with E-state index in [-0.39, 0.29) is 11.8 Å². The first kappa shape index (κ1) is 19.2. The molecular weight excluding hydrogens is 358 g/mol. The van der Waals surface area contributed by atoms with Gasteiger partial charge in [0, 0.05) is 37.7 Å². The number of anilines is 1. The largest absolute Gasteiger partial charge is 0.354 e. The first-order chi connectivity index (χ1) is 14.3. The molecule has 4 nitrogen and oxygen atoms in total. The van der Waals surface area contributed by atoms with Crippen LogP contribution in [0.4, 0.5) is 5.82 Å². The van der Waals surface area contributed by atoms with E-state index in [9.17, 15) is 4.79 Å². The van der Waals surface area contributed by atoms with Crippen LogP contribution < -0.4 is 10.2 Å². The van der Waals surface area contributed by atoms with Crippen molar-refractivity contribution >= 4 is 11.7 Å². The lowest BCUT2D eigenvalue weighted by Crippen LogP contribution is -2.40. The number of rotatable bonds is 7. The molecule has 0 spiro atoms. The van der Waals surface area contributed by atoms with Crippen molar-refractivity contribution in [1.82, 2.24) is 10.3 Å². The van der Waals surface area contributed by atoms with Gasteiger partial charge in [-0.15, -0.1) is 0 Å². The summed E-state index contributed by atoms with van der Waals surface area (Å²) in [7, 11) is 0. The monoisotopic (exact) mass is 385 g/mol. The third-order valence-corrected chi connectivity index (χ3v) is 5.65. The summed E-state index contributed by atoms with van der Waals surface area (Å²) in [5.41, 5.74) is 2.34. The Morgan fingerprint density at radius 2 is 1.62 bits per heavy atom.